The Labute approximate surface area is 297 Å². The van der Waals surface area contributed by atoms with Crippen LogP contribution in [-0.4, -0.2) is 97.7 Å². The highest BCUT2D eigenvalue weighted by Gasteiger charge is 2.16. The van der Waals surface area contributed by atoms with E-state index in [1.807, 2.05) is 54.7 Å². The summed E-state index contributed by atoms with van der Waals surface area (Å²) < 4.78 is 23.6. The van der Waals surface area contributed by atoms with Crippen LogP contribution in [0.5, 0.6) is 5.75 Å². The molecule has 0 saturated heterocycles. The summed E-state index contributed by atoms with van der Waals surface area (Å²) in [5.41, 5.74) is 15.3. The van der Waals surface area contributed by atoms with Gasteiger partial charge in [-0.2, -0.15) is 0 Å². The standard InChI is InChI=1S/C36H46N8O7/c37-31(15-16-40-36(47)51-30-13-11-27(12-14-30)25-32(38)35(46)41-29-9-5-2-6-10-29)34(45)39-17-19-48-21-23-50-24-22-49-20-18-44-26-33(42-43-44)28-7-3-1-4-8-28/h1-14,26,31-32H,15-25,37-38H2,(H,39,45)(H,40,47)(H,41,46). The maximum absolute atomic E-state index is 12.4. The number of ether oxygens (including phenoxy) is 4. The first kappa shape index (κ1) is 38.6. The summed E-state index contributed by atoms with van der Waals surface area (Å²) in [6, 6.07) is 24.1. The van der Waals surface area contributed by atoms with Crippen LogP contribution in [-0.2, 0) is 36.8 Å². The second kappa shape index (κ2) is 21.8. The van der Waals surface area contributed by atoms with E-state index in [9.17, 15) is 14.4 Å². The van der Waals surface area contributed by atoms with Crippen LogP contribution in [0.3, 0.4) is 0 Å². The SMILES string of the molecule is NC(CCNC(=O)Oc1ccc(CC(N)C(=O)Nc2ccccc2)cc1)C(=O)NCCOCCOCCOCCn1cc(-c2ccccc2)nn1. The fourth-order valence-electron chi connectivity index (χ4n) is 4.63. The molecule has 0 spiro atoms. The van der Waals surface area contributed by atoms with Crippen molar-refractivity contribution in [2.24, 2.45) is 11.5 Å². The minimum atomic E-state index is -0.813. The van der Waals surface area contributed by atoms with Crippen molar-refractivity contribution >= 4 is 23.6 Å². The quantitative estimate of drug-likeness (QED) is 0.0750. The number of nitrogens with two attached hydrogens (primary N) is 2. The monoisotopic (exact) mass is 702 g/mol. The van der Waals surface area contributed by atoms with E-state index in [1.165, 1.54) is 0 Å². The van der Waals surface area contributed by atoms with Crippen LogP contribution in [0.2, 0.25) is 0 Å². The Kier molecular flexibility index (Phi) is 16.5. The average molecular weight is 703 g/mol. The molecular formula is C36H46N8O7. The minimum absolute atomic E-state index is 0.143. The Morgan fingerprint density at radius 3 is 2.06 bits per heavy atom. The van der Waals surface area contributed by atoms with Gasteiger partial charge in [0.15, 0.2) is 0 Å². The molecule has 2 unspecified atom stereocenters. The lowest BCUT2D eigenvalue weighted by atomic mass is 10.1. The van der Waals surface area contributed by atoms with Crippen LogP contribution in [0.1, 0.15) is 12.0 Å². The van der Waals surface area contributed by atoms with Crippen LogP contribution in [0.25, 0.3) is 11.3 Å². The molecule has 0 aliphatic heterocycles. The molecule has 51 heavy (non-hydrogen) atoms. The van der Waals surface area contributed by atoms with E-state index in [2.05, 4.69) is 26.3 Å². The number of carbonyl (C=O) groups excluding carboxylic acids is 3. The molecule has 0 fully saturated rings. The molecule has 7 N–H and O–H groups in total. The lowest BCUT2D eigenvalue weighted by molar-refractivity contribution is -0.122. The number of hydrogen-bond acceptors (Lipinski definition) is 11. The number of rotatable bonds is 22. The van der Waals surface area contributed by atoms with Gasteiger partial charge in [0.25, 0.3) is 0 Å². The largest absolute Gasteiger partial charge is 0.412 e. The van der Waals surface area contributed by atoms with Crippen LogP contribution < -0.4 is 32.2 Å². The topological polar surface area (TPSA) is 207 Å². The van der Waals surface area contributed by atoms with Crippen molar-refractivity contribution in [3.8, 4) is 17.0 Å². The summed E-state index contributed by atoms with van der Waals surface area (Å²) in [4.78, 5) is 36.8. The van der Waals surface area contributed by atoms with E-state index in [0.717, 1.165) is 16.8 Å². The first-order chi connectivity index (χ1) is 24.9. The zero-order chi connectivity index (χ0) is 36.1. The molecule has 4 aromatic rings. The Bertz CT molecular complexity index is 1610. The van der Waals surface area contributed by atoms with Crippen molar-refractivity contribution in [1.82, 2.24) is 25.6 Å². The second-order valence-corrected chi connectivity index (χ2v) is 11.4. The van der Waals surface area contributed by atoms with E-state index < -0.39 is 18.2 Å². The molecule has 0 radical (unpaired) electrons. The Hall–Kier alpha value is -5.19. The summed E-state index contributed by atoms with van der Waals surface area (Å²) in [5.74, 6) is -0.331. The van der Waals surface area contributed by atoms with Crippen LogP contribution in [0.4, 0.5) is 10.5 Å². The van der Waals surface area contributed by atoms with Gasteiger partial charge in [-0.1, -0.05) is 65.9 Å². The van der Waals surface area contributed by atoms with Gasteiger partial charge in [0.1, 0.15) is 11.4 Å². The number of nitrogens with one attached hydrogen (secondary N) is 3. The number of hydrogen-bond donors (Lipinski definition) is 5. The molecule has 3 aromatic carbocycles. The molecule has 0 saturated carbocycles. The van der Waals surface area contributed by atoms with Crippen molar-refractivity contribution in [3.05, 3.63) is 96.7 Å². The summed E-state index contributed by atoms with van der Waals surface area (Å²) in [6.07, 6.45) is 1.74. The molecule has 3 amide bonds. The fourth-order valence-corrected chi connectivity index (χ4v) is 4.63. The first-order valence-corrected chi connectivity index (χ1v) is 16.8. The van der Waals surface area contributed by atoms with Gasteiger partial charge >= 0.3 is 6.09 Å². The van der Waals surface area contributed by atoms with Gasteiger partial charge in [-0.25, -0.2) is 9.48 Å². The maximum Gasteiger partial charge on any atom is 0.412 e. The van der Waals surface area contributed by atoms with E-state index in [1.54, 1.807) is 41.1 Å². The highest BCUT2D eigenvalue weighted by atomic mass is 16.6. The van der Waals surface area contributed by atoms with Crippen molar-refractivity contribution in [3.63, 3.8) is 0 Å². The fraction of sp³-hybridized carbons (Fsp3) is 0.361. The number of amides is 3. The number of anilines is 1. The summed E-state index contributed by atoms with van der Waals surface area (Å²) in [5, 5.41) is 16.4. The van der Waals surface area contributed by atoms with Gasteiger partial charge < -0.3 is 46.4 Å². The number of nitrogens with zero attached hydrogens (tertiary/aromatic N) is 3. The second-order valence-electron chi connectivity index (χ2n) is 11.4. The third-order valence-corrected chi connectivity index (χ3v) is 7.39. The predicted molar refractivity (Wildman–Crippen MR) is 191 cm³/mol. The first-order valence-electron chi connectivity index (χ1n) is 16.8. The number of para-hydroxylation sites is 1. The van der Waals surface area contributed by atoms with Crippen molar-refractivity contribution in [2.45, 2.75) is 31.5 Å². The average Bonchev–Trinajstić information content (AvgIpc) is 3.62. The Morgan fingerprint density at radius 2 is 1.35 bits per heavy atom. The maximum atomic E-state index is 12.4. The van der Waals surface area contributed by atoms with Gasteiger partial charge in [0.05, 0.1) is 64.5 Å². The lowest BCUT2D eigenvalue weighted by Gasteiger charge is -2.14. The van der Waals surface area contributed by atoms with Crippen LogP contribution in [0.15, 0.2) is 91.1 Å². The van der Waals surface area contributed by atoms with Crippen molar-refractivity contribution < 1.29 is 33.3 Å². The molecule has 1 heterocycles. The normalized spacial score (nSPS) is 12.1. The van der Waals surface area contributed by atoms with E-state index in [0.29, 0.717) is 64.0 Å². The predicted octanol–water partition coefficient (Wildman–Crippen LogP) is 2.13. The third-order valence-electron chi connectivity index (χ3n) is 7.39. The highest BCUT2D eigenvalue weighted by molar-refractivity contribution is 5.94. The zero-order valence-electron chi connectivity index (χ0n) is 28.4. The van der Waals surface area contributed by atoms with E-state index in [-0.39, 0.29) is 31.3 Å². The zero-order valence-corrected chi connectivity index (χ0v) is 28.4. The van der Waals surface area contributed by atoms with Gasteiger partial charge in [-0.3, -0.25) is 9.59 Å². The smallest absolute Gasteiger partial charge is 0.410 e. The molecule has 0 bridgehead atoms. The molecule has 272 valence electrons. The van der Waals surface area contributed by atoms with Crippen LogP contribution in [0, 0.1) is 0 Å². The summed E-state index contributed by atoms with van der Waals surface area (Å²) in [6.45, 7) is 3.47. The van der Waals surface area contributed by atoms with Gasteiger partial charge in [-0.15, -0.1) is 5.10 Å². The molecule has 1 aromatic heterocycles. The Balaban J connectivity index is 0.949. The summed E-state index contributed by atoms with van der Waals surface area (Å²) >= 11 is 0. The number of carbonyl (C=O) groups is 3. The van der Waals surface area contributed by atoms with Gasteiger partial charge in [-0.05, 0) is 42.7 Å². The van der Waals surface area contributed by atoms with Gasteiger partial charge in [0, 0.05) is 24.3 Å². The third kappa shape index (κ3) is 14.7. The number of benzene rings is 3. The molecule has 15 heteroatoms. The molecule has 0 aliphatic rings. The minimum Gasteiger partial charge on any atom is -0.410 e. The van der Waals surface area contributed by atoms with Gasteiger partial charge in [0.2, 0.25) is 11.8 Å². The van der Waals surface area contributed by atoms with Crippen LogP contribution >= 0.6 is 0 Å². The molecule has 4 rings (SSSR count). The molecule has 0 aliphatic carbocycles. The van der Waals surface area contributed by atoms with E-state index >= 15 is 0 Å². The van der Waals surface area contributed by atoms with Crippen molar-refractivity contribution in [2.75, 3.05) is 58.0 Å². The summed E-state index contributed by atoms with van der Waals surface area (Å²) in [7, 11) is 0. The molecule has 2 atom stereocenters. The molecular weight excluding hydrogens is 656 g/mol. The van der Waals surface area contributed by atoms with E-state index in [4.69, 9.17) is 30.4 Å². The molecule has 15 nitrogen and oxygen atoms in total. The Morgan fingerprint density at radius 1 is 0.706 bits per heavy atom. The highest BCUT2D eigenvalue weighted by Crippen LogP contribution is 2.15. The lowest BCUT2D eigenvalue weighted by Crippen LogP contribution is -2.44. The van der Waals surface area contributed by atoms with Crippen molar-refractivity contribution in [1.29, 1.82) is 0 Å². The number of aromatic nitrogens is 3.